The van der Waals surface area contributed by atoms with Crippen LogP contribution in [0.4, 0.5) is 0 Å². The molecule has 0 saturated heterocycles. The lowest BCUT2D eigenvalue weighted by molar-refractivity contribution is -0.148. The Morgan fingerprint density at radius 1 is 1.07 bits per heavy atom. The lowest BCUT2D eigenvalue weighted by Gasteiger charge is -2.18. The van der Waals surface area contributed by atoms with Gasteiger partial charge in [-0.05, 0) is 56.5 Å². The molecule has 3 rings (SSSR count). The van der Waals surface area contributed by atoms with E-state index in [0.717, 1.165) is 22.2 Å². The quantitative estimate of drug-likeness (QED) is 0.395. The van der Waals surface area contributed by atoms with Crippen LogP contribution in [0.25, 0.3) is 17.0 Å². The summed E-state index contributed by atoms with van der Waals surface area (Å²) in [5.74, 6) is -0.226. The number of hydrogen-bond acceptors (Lipinski definition) is 3. The Bertz CT molecular complexity index is 1080. The number of Topliss-reactive ketones (excluding diaryl/α,β-unsaturated/α-hetero) is 1. The van der Waals surface area contributed by atoms with Crippen LogP contribution in [0.5, 0.6) is 0 Å². The monoisotopic (exact) mass is 403 g/mol. The number of para-hydroxylation sites is 1. The van der Waals surface area contributed by atoms with Gasteiger partial charge < -0.3 is 9.30 Å². The van der Waals surface area contributed by atoms with Crippen molar-refractivity contribution in [2.24, 2.45) is 7.05 Å². The first-order chi connectivity index (χ1) is 14.1. The normalized spacial score (nSPS) is 13.0. The number of fused-ring (bicyclic) bond motifs is 1. The van der Waals surface area contributed by atoms with E-state index in [9.17, 15) is 9.59 Å². The summed E-state index contributed by atoms with van der Waals surface area (Å²) in [4.78, 5) is 23.9. The largest absolute Gasteiger partial charge is 0.457 e. The van der Waals surface area contributed by atoms with E-state index in [2.05, 4.69) is 22.9 Å². The number of hydrogen-bond donors (Lipinski definition) is 0. The lowest BCUT2D eigenvalue weighted by atomic mass is 9.86. The number of carbonyl (C=O) groups excluding carboxylic acids is 2. The van der Waals surface area contributed by atoms with Crippen molar-refractivity contribution >= 4 is 28.7 Å². The molecule has 4 nitrogen and oxygen atoms in total. The number of carbonyl (C=O) groups is 2. The number of aromatic nitrogens is 1. The molecule has 0 spiro atoms. The molecule has 0 unspecified atom stereocenters. The van der Waals surface area contributed by atoms with E-state index in [1.165, 1.54) is 11.5 Å². The molecular weight excluding hydrogens is 374 g/mol. The highest BCUT2D eigenvalue weighted by atomic mass is 16.6. The standard InChI is InChI=1S/C26H29NO3/c1-18(28)16-22(23-17-27(5)24-9-7-6-8-21(23)24)20-13-10-19(11-14-20)12-15-25(29)30-26(2,3)4/h6-15,17,22H,16H2,1-5H3/b15-12+/t22-/m0/s1. The summed E-state index contributed by atoms with van der Waals surface area (Å²) in [7, 11) is 2.03. The highest BCUT2D eigenvalue weighted by molar-refractivity contribution is 5.88. The molecule has 0 aliphatic rings. The van der Waals surface area contributed by atoms with Crippen LogP contribution in [0.2, 0.25) is 0 Å². The van der Waals surface area contributed by atoms with Crippen molar-refractivity contribution in [2.45, 2.75) is 45.6 Å². The molecule has 0 aliphatic carbocycles. The molecule has 30 heavy (non-hydrogen) atoms. The number of rotatable bonds is 6. The fourth-order valence-corrected chi connectivity index (χ4v) is 3.69. The minimum Gasteiger partial charge on any atom is -0.457 e. The third kappa shape index (κ3) is 5.26. The molecule has 1 atom stereocenters. The van der Waals surface area contributed by atoms with Gasteiger partial charge in [0.1, 0.15) is 11.4 Å². The second-order valence-corrected chi connectivity index (χ2v) is 8.70. The Hall–Kier alpha value is -3.14. The van der Waals surface area contributed by atoms with E-state index in [4.69, 9.17) is 4.74 Å². The predicted octanol–water partition coefficient (Wildman–Crippen LogP) is 5.64. The van der Waals surface area contributed by atoms with Gasteiger partial charge >= 0.3 is 5.97 Å². The maximum absolute atomic E-state index is 12.0. The Morgan fingerprint density at radius 3 is 2.37 bits per heavy atom. The molecule has 1 heterocycles. The molecule has 156 valence electrons. The summed E-state index contributed by atoms with van der Waals surface area (Å²) in [6, 6.07) is 16.3. The van der Waals surface area contributed by atoms with Crippen LogP contribution in [0.1, 0.15) is 56.7 Å². The van der Waals surface area contributed by atoms with Crippen molar-refractivity contribution in [3.05, 3.63) is 77.5 Å². The zero-order valence-electron chi connectivity index (χ0n) is 18.3. The summed E-state index contributed by atoms with van der Waals surface area (Å²) in [6.45, 7) is 7.16. The average Bonchev–Trinajstić information content (AvgIpc) is 3.00. The molecule has 0 amide bonds. The van der Waals surface area contributed by atoms with Crippen LogP contribution in [0.3, 0.4) is 0 Å². The number of benzene rings is 2. The van der Waals surface area contributed by atoms with Crippen molar-refractivity contribution in [1.82, 2.24) is 4.57 Å². The molecule has 0 N–H and O–H groups in total. The first-order valence-corrected chi connectivity index (χ1v) is 10.2. The fraction of sp³-hybridized carbons (Fsp3) is 0.308. The molecule has 0 aliphatic heterocycles. The van der Waals surface area contributed by atoms with Crippen LogP contribution >= 0.6 is 0 Å². The summed E-state index contributed by atoms with van der Waals surface area (Å²) in [6.07, 6.45) is 5.75. The molecule has 0 radical (unpaired) electrons. The second-order valence-electron chi connectivity index (χ2n) is 8.70. The van der Waals surface area contributed by atoms with Gasteiger partial charge in [0.15, 0.2) is 0 Å². The molecule has 0 bridgehead atoms. The van der Waals surface area contributed by atoms with Gasteiger partial charge in [0, 0.05) is 42.6 Å². The van der Waals surface area contributed by atoms with Crippen LogP contribution < -0.4 is 0 Å². The smallest absolute Gasteiger partial charge is 0.331 e. The fourth-order valence-electron chi connectivity index (χ4n) is 3.69. The second kappa shape index (κ2) is 8.70. The van der Waals surface area contributed by atoms with E-state index in [1.807, 2.05) is 64.2 Å². The molecule has 0 fully saturated rings. The Kier molecular flexibility index (Phi) is 6.25. The molecule has 0 saturated carbocycles. The Balaban J connectivity index is 1.89. The summed E-state index contributed by atoms with van der Waals surface area (Å²) < 4.78 is 7.41. The average molecular weight is 404 g/mol. The minimum atomic E-state index is -0.510. The number of aryl methyl sites for hydroxylation is 1. The van der Waals surface area contributed by atoms with Gasteiger partial charge in [0.2, 0.25) is 0 Å². The van der Waals surface area contributed by atoms with Crippen LogP contribution in [0, 0.1) is 0 Å². The maximum Gasteiger partial charge on any atom is 0.331 e. The SMILES string of the molecule is CC(=O)C[C@@H](c1ccc(/C=C/C(=O)OC(C)(C)C)cc1)c1cn(C)c2ccccc12. The van der Waals surface area contributed by atoms with Gasteiger partial charge in [-0.2, -0.15) is 0 Å². The van der Waals surface area contributed by atoms with E-state index in [-0.39, 0.29) is 17.7 Å². The van der Waals surface area contributed by atoms with Crippen LogP contribution in [-0.2, 0) is 21.4 Å². The van der Waals surface area contributed by atoms with Crippen molar-refractivity contribution in [2.75, 3.05) is 0 Å². The molecular formula is C26H29NO3. The Labute approximate surface area is 178 Å². The topological polar surface area (TPSA) is 48.3 Å². The van der Waals surface area contributed by atoms with Gasteiger partial charge in [0.05, 0.1) is 0 Å². The van der Waals surface area contributed by atoms with Gasteiger partial charge in [-0.25, -0.2) is 4.79 Å². The Morgan fingerprint density at radius 2 is 1.73 bits per heavy atom. The van der Waals surface area contributed by atoms with Crippen LogP contribution in [0.15, 0.2) is 60.8 Å². The van der Waals surface area contributed by atoms with Gasteiger partial charge in [0.25, 0.3) is 0 Å². The summed E-state index contributed by atoms with van der Waals surface area (Å²) >= 11 is 0. The zero-order valence-corrected chi connectivity index (χ0v) is 18.3. The lowest BCUT2D eigenvalue weighted by Crippen LogP contribution is -2.22. The number of nitrogens with zero attached hydrogens (tertiary/aromatic N) is 1. The third-order valence-corrected chi connectivity index (χ3v) is 4.95. The number of ketones is 1. The summed E-state index contributed by atoms with van der Waals surface area (Å²) in [5, 5.41) is 1.17. The molecule has 1 aromatic heterocycles. The highest BCUT2D eigenvalue weighted by Gasteiger charge is 2.21. The maximum atomic E-state index is 12.0. The van der Waals surface area contributed by atoms with E-state index in [1.54, 1.807) is 13.0 Å². The van der Waals surface area contributed by atoms with Gasteiger partial charge in [-0.1, -0.05) is 42.5 Å². The molecule has 4 heteroatoms. The minimum absolute atomic E-state index is 0.0162. The molecule has 2 aromatic carbocycles. The number of ether oxygens (including phenoxy) is 1. The highest BCUT2D eigenvalue weighted by Crippen LogP contribution is 2.34. The van der Waals surface area contributed by atoms with Crippen molar-refractivity contribution in [1.29, 1.82) is 0 Å². The van der Waals surface area contributed by atoms with Crippen LogP contribution in [-0.4, -0.2) is 21.9 Å². The van der Waals surface area contributed by atoms with E-state index in [0.29, 0.717) is 6.42 Å². The van der Waals surface area contributed by atoms with E-state index < -0.39 is 5.60 Å². The van der Waals surface area contributed by atoms with Crippen molar-refractivity contribution in [3.63, 3.8) is 0 Å². The number of esters is 1. The van der Waals surface area contributed by atoms with E-state index >= 15 is 0 Å². The summed E-state index contributed by atoms with van der Waals surface area (Å²) in [5.41, 5.74) is 3.78. The first-order valence-electron chi connectivity index (χ1n) is 10.2. The predicted molar refractivity (Wildman–Crippen MR) is 121 cm³/mol. The molecule has 3 aromatic rings. The zero-order chi connectivity index (χ0) is 21.9. The van der Waals surface area contributed by atoms with Crippen molar-refractivity contribution in [3.8, 4) is 0 Å². The first kappa shape index (κ1) is 21.6. The van der Waals surface area contributed by atoms with Gasteiger partial charge in [-0.3, -0.25) is 4.79 Å². The third-order valence-electron chi connectivity index (χ3n) is 4.95. The van der Waals surface area contributed by atoms with Gasteiger partial charge in [-0.15, -0.1) is 0 Å². The van der Waals surface area contributed by atoms with Crippen molar-refractivity contribution < 1.29 is 14.3 Å².